The number of aliphatic hydroxyl groups excluding tert-OH is 1. The summed E-state index contributed by atoms with van der Waals surface area (Å²) in [4.78, 5) is 11.8. The van der Waals surface area contributed by atoms with E-state index in [1.807, 2.05) is 12.1 Å². The quantitative estimate of drug-likeness (QED) is 0.709. The molecule has 0 aromatic heterocycles. The number of ether oxygens (including phenoxy) is 1. The molecule has 0 fully saturated rings. The minimum atomic E-state index is -0.281. The second kappa shape index (κ2) is 8.53. The molecular weight excluding hydrogens is 242 g/mol. The predicted octanol–water partition coefficient (Wildman–Crippen LogP) is 2.68. The van der Waals surface area contributed by atoms with Crippen molar-refractivity contribution >= 4 is 11.7 Å². The van der Waals surface area contributed by atoms with Crippen molar-refractivity contribution in [2.45, 2.75) is 26.7 Å². The van der Waals surface area contributed by atoms with Gasteiger partial charge in [0.2, 0.25) is 0 Å². The van der Waals surface area contributed by atoms with Crippen molar-refractivity contribution in [3.05, 3.63) is 29.8 Å². The van der Waals surface area contributed by atoms with E-state index in [0.717, 1.165) is 18.5 Å². The maximum atomic E-state index is 11.8. The normalized spacial score (nSPS) is 11.9. The second-order valence-corrected chi connectivity index (χ2v) is 4.72. The minimum Gasteiger partial charge on any atom is -0.462 e. The summed E-state index contributed by atoms with van der Waals surface area (Å²) in [6.45, 7) is 5.25. The van der Waals surface area contributed by atoms with Gasteiger partial charge < -0.3 is 15.2 Å². The summed E-state index contributed by atoms with van der Waals surface area (Å²) < 4.78 is 5.26. The Morgan fingerprint density at radius 3 is 2.63 bits per heavy atom. The minimum absolute atomic E-state index is 0.0825. The number of rotatable bonds is 8. The highest BCUT2D eigenvalue weighted by atomic mass is 16.5. The summed E-state index contributed by atoms with van der Waals surface area (Å²) in [7, 11) is 0. The van der Waals surface area contributed by atoms with Crippen molar-refractivity contribution in [2.24, 2.45) is 5.92 Å². The van der Waals surface area contributed by atoms with Gasteiger partial charge in [0.05, 0.1) is 18.8 Å². The molecular formula is C15H23NO3. The molecule has 0 aliphatic carbocycles. The maximum absolute atomic E-state index is 11.8. The fraction of sp³-hybridized carbons (Fsp3) is 0.533. The van der Waals surface area contributed by atoms with Gasteiger partial charge in [-0.15, -0.1) is 0 Å². The van der Waals surface area contributed by atoms with Crippen LogP contribution in [-0.2, 0) is 4.74 Å². The number of hydrogen-bond acceptors (Lipinski definition) is 4. The van der Waals surface area contributed by atoms with E-state index in [1.54, 1.807) is 12.1 Å². The van der Waals surface area contributed by atoms with Crippen molar-refractivity contribution < 1.29 is 14.6 Å². The van der Waals surface area contributed by atoms with Gasteiger partial charge in [-0.1, -0.05) is 20.3 Å². The molecule has 1 aromatic rings. The van der Waals surface area contributed by atoms with Gasteiger partial charge in [0, 0.05) is 12.2 Å². The molecule has 4 heteroatoms. The van der Waals surface area contributed by atoms with E-state index in [2.05, 4.69) is 19.2 Å². The van der Waals surface area contributed by atoms with E-state index in [9.17, 15) is 4.79 Å². The molecule has 19 heavy (non-hydrogen) atoms. The maximum Gasteiger partial charge on any atom is 0.338 e. The lowest BCUT2D eigenvalue weighted by molar-refractivity contribution is 0.0443. The zero-order valence-electron chi connectivity index (χ0n) is 11.7. The fourth-order valence-electron chi connectivity index (χ4n) is 1.80. The third-order valence-electron chi connectivity index (χ3n) is 2.84. The van der Waals surface area contributed by atoms with E-state index >= 15 is 0 Å². The van der Waals surface area contributed by atoms with Crippen LogP contribution < -0.4 is 5.32 Å². The molecule has 0 saturated heterocycles. The lowest BCUT2D eigenvalue weighted by atomic mass is 10.1. The van der Waals surface area contributed by atoms with Crippen molar-refractivity contribution in [1.82, 2.24) is 0 Å². The molecule has 4 nitrogen and oxygen atoms in total. The predicted molar refractivity (Wildman–Crippen MR) is 76.4 cm³/mol. The van der Waals surface area contributed by atoms with Crippen molar-refractivity contribution in [2.75, 3.05) is 25.1 Å². The van der Waals surface area contributed by atoms with Gasteiger partial charge in [-0.3, -0.25) is 0 Å². The topological polar surface area (TPSA) is 58.6 Å². The van der Waals surface area contributed by atoms with Crippen LogP contribution in [0.5, 0.6) is 0 Å². The number of esters is 1. The number of carbonyl (C=O) groups excluding carboxylic acids is 1. The molecule has 1 aromatic carbocycles. The molecule has 1 rings (SSSR count). The highest BCUT2D eigenvalue weighted by Gasteiger charge is 2.09. The van der Waals surface area contributed by atoms with Gasteiger partial charge in [0.1, 0.15) is 0 Å². The number of aliphatic hydroxyl groups is 1. The fourth-order valence-corrected chi connectivity index (χ4v) is 1.80. The highest BCUT2D eigenvalue weighted by Crippen LogP contribution is 2.12. The van der Waals surface area contributed by atoms with Crippen molar-refractivity contribution in [1.29, 1.82) is 0 Å². The zero-order valence-corrected chi connectivity index (χ0v) is 11.7. The Morgan fingerprint density at radius 1 is 1.37 bits per heavy atom. The van der Waals surface area contributed by atoms with Crippen LogP contribution >= 0.6 is 0 Å². The molecule has 2 N–H and O–H groups in total. The van der Waals surface area contributed by atoms with Crippen LogP contribution in [0.1, 0.15) is 37.0 Å². The Balaban J connectivity index is 2.44. The van der Waals surface area contributed by atoms with E-state index in [4.69, 9.17) is 9.84 Å². The standard InChI is InChI=1S/C15H23NO3/c1-3-4-12(2)11-19-15(18)13-5-7-14(8-6-13)16-9-10-17/h5-8,12,16-17H,3-4,9-11H2,1-2H3. The molecule has 106 valence electrons. The lowest BCUT2D eigenvalue weighted by Crippen LogP contribution is -2.12. The summed E-state index contributed by atoms with van der Waals surface area (Å²) in [5.41, 5.74) is 1.43. The smallest absolute Gasteiger partial charge is 0.338 e. The van der Waals surface area contributed by atoms with E-state index in [1.165, 1.54) is 0 Å². The molecule has 0 saturated carbocycles. The molecule has 0 spiro atoms. The van der Waals surface area contributed by atoms with Crippen molar-refractivity contribution in [3.8, 4) is 0 Å². The number of nitrogens with one attached hydrogen (secondary N) is 1. The molecule has 0 bridgehead atoms. The molecule has 0 aliphatic rings. The largest absolute Gasteiger partial charge is 0.462 e. The molecule has 1 atom stereocenters. The van der Waals surface area contributed by atoms with Gasteiger partial charge in [-0.2, -0.15) is 0 Å². The van der Waals surface area contributed by atoms with Crippen LogP contribution in [-0.4, -0.2) is 30.8 Å². The Kier molecular flexibility index (Phi) is 6.97. The highest BCUT2D eigenvalue weighted by molar-refractivity contribution is 5.89. The Morgan fingerprint density at radius 2 is 2.05 bits per heavy atom. The number of benzene rings is 1. The molecule has 0 heterocycles. The second-order valence-electron chi connectivity index (χ2n) is 4.72. The SMILES string of the molecule is CCCC(C)COC(=O)c1ccc(NCCO)cc1. The van der Waals surface area contributed by atoms with Gasteiger partial charge in [0.25, 0.3) is 0 Å². The van der Waals surface area contributed by atoms with Crippen LogP contribution in [0, 0.1) is 5.92 Å². The third-order valence-corrected chi connectivity index (χ3v) is 2.84. The summed E-state index contributed by atoms with van der Waals surface area (Å²) >= 11 is 0. The summed E-state index contributed by atoms with van der Waals surface area (Å²) in [5.74, 6) is 0.121. The first-order valence-corrected chi connectivity index (χ1v) is 6.79. The Hall–Kier alpha value is -1.55. The summed E-state index contributed by atoms with van der Waals surface area (Å²) in [6, 6.07) is 7.07. The number of anilines is 1. The number of carbonyl (C=O) groups is 1. The van der Waals surface area contributed by atoms with E-state index < -0.39 is 0 Å². The average Bonchev–Trinajstić information content (AvgIpc) is 2.43. The first kappa shape index (κ1) is 15.5. The van der Waals surface area contributed by atoms with Crippen LogP contribution in [0.15, 0.2) is 24.3 Å². The first-order chi connectivity index (χ1) is 9.17. The Labute approximate surface area is 114 Å². The van der Waals surface area contributed by atoms with Gasteiger partial charge in [-0.25, -0.2) is 4.79 Å². The third kappa shape index (κ3) is 5.75. The first-order valence-electron chi connectivity index (χ1n) is 6.79. The van der Waals surface area contributed by atoms with Gasteiger partial charge in [0.15, 0.2) is 0 Å². The van der Waals surface area contributed by atoms with Crippen LogP contribution in [0.25, 0.3) is 0 Å². The molecule has 1 unspecified atom stereocenters. The number of hydrogen-bond donors (Lipinski definition) is 2. The monoisotopic (exact) mass is 265 g/mol. The van der Waals surface area contributed by atoms with E-state index in [0.29, 0.717) is 24.6 Å². The van der Waals surface area contributed by atoms with Crippen LogP contribution in [0.4, 0.5) is 5.69 Å². The molecule has 0 amide bonds. The Bertz CT molecular complexity index is 375. The van der Waals surface area contributed by atoms with Crippen LogP contribution in [0.3, 0.4) is 0 Å². The molecule has 0 aliphatic heterocycles. The zero-order chi connectivity index (χ0) is 14.1. The van der Waals surface area contributed by atoms with Gasteiger partial charge in [-0.05, 0) is 36.6 Å². The van der Waals surface area contributed by atoms with Crippen LogP contribution in [0.2, 0.25) is 0 Å². The van der Waals surface area contributed by atoms with Gasteiger partial charge >= 0.3 is 5.97 Å². The van der Waals surface area contributed by atoms with Crippen molar-refractivity contribution in [3.63, 3.8) is 0 Å². The average molecular weight is 265 g/mol. The molecule has 0 radical (unpaired) electrons. The lowest BCUT2D eigenvalue weighted by Gasteiger charge is -2.11. The van der Waals surface area contributed by atoms with E-state index in [-0.39, 0.29) is 12.6 Å². The summed E-state index contributed by atoms with van der Waals surface area (Å²) in [6.07, 6.45) is 2.17. The summed E-state index contributed by atoms with van der Waals surface area (Å²) in [5, 5.41) is 11.7.